The average molecular weight is 369 g/mol. The van der Waals surface area contributed by atoms with Crippen LogP contribution in [0.15, 0.2) is 12.2 Å². The first kappa shape index (κ1) is 25.2. The number of carbonyl (C=O) groups is 1. The van der Waals surface area contributed by atoms with Crippen molar-refractivity contribution in [2.45, 2.75) is 117 Å². The summed E-state index contributed by atoms with van der Waals surface area (Å²) >= 11 is 0. The minimum absolute atomic E-state index is 0.0880. The van der Waals surface area contributed by atoms with E-state index in [9.17, 15) is 4.79 Å². The number of hydrogen-bond acceptors (Lipinski definition) is 3. The molecule has 0 heterocycles. The van der Waals surface area contributed by atoms with Gasteiger partial charge in [-0.1, -0.05) is 70.4 Å². The second-order valence-corrected chi connectivity index (χ2v) is 7.47. The molecule has 0 aromatic rings. The van der Waals surface area contributed by atoms with Gasteiger partial charge in [0, 0.05) is 6.42 Å². The zero-order valence-corrected chi connectivity index (χ0v) is 17.8. The number of rotatable bonds is 19. The SMILES string of the molecule is CCCCCCCC/C=C\CCCCCCCC(=O)OCCOC(C)C. The summed E-state index contributed by atoms with van der Waals surface area (Å²) in [6.07, 6.45) is 22.0. The highest BCUT2D eigenvalue weighted by Gasteiger charge is 2.02. The third-order valence-corrected chi connectivity index (χ3v) is 4.44. The van der Waals surface area contributed by atoms with Gasteiger partial charge in [-0.3, -0.25) is 4.79 Å². The van der Waals surface area contributed by atoms with Crippen molar-refractivity contribution in [2.75, 3.05) is 13.2 Å². The zero-order valence-electron chi connectivity index (χ0n) is 17.8. The molecule has 0 atom stereocenters. The number of carbonyl (C=O) groups excluding carboxylic acids is 1. The van der Waals surface area contributed by atoms with Crippen LogP contribution in [0.3, 0.4) is 0 Å². The minimum atomic E-state index is -0.0880. The third-order valence-electron chi connectivity index (χ3n) is 4.44. The predicted octanol–water partition coefficient (Wildman–Crippen LogP) is 6.99. The molecule has 0 unspecified atom stereocenters. The second kappa shape index (κ2) is 20.5. The maximum atomic E-state index is 11.5. The number of ether oxygens (including phenoxy) is 2. The number of allylic oxidation sites excluding steroid dienone is 2. The molecule has 0 saturated carbocycles. The van der Waals surface area contributed by atoms with Crippen LogP contribution in [0.5, 0.6) is 0 Å². The van der Waals surface area contributed by atoms with Gasteiger partial charge < -0.3 is 9.47 Å². The van der Waals surface area contributed by atoms with E-state index in [1.165, 1.54) is 70.6 Å². The van der Waals surface area contributed by atoms with E-state index >= 15 is 0 Å². The monoisotopic (exact) mass is 368 g/mol. The lowest BCUT2D eigenvalue weighted by atomic mass is 10.1. The quantitative estimate of drug-likeness (QED) is 0.140. The Morgan fingerprint density at radius 3 is 1.88 bits per heavy atom. The molecule has 3 nitrogen and oxygen atoms in total. The molecule has 0 spiro atoms. The van der Waals surface area contributed by atoms with Crippen molar-refractivity contribution in [2.24, 2.45) is 0 Å². The van der Waals surface area contributed by atoms with Crippen LogP contribution in [0.1, 0.15) is 111 Å². The van der Waals surface area contributed by atoms with Crippen molar-refractivity contribution in [1.29, 1.82) is 0 Å². The fourth-order valence-electron chi connectivity index (χ4n) is 2.85. The highest BCUT2D eigenvalue weighted by Crippen LogP contribution is 2.10. The van der Waals surface area contributed by atoms with Crippen molar-refractivity contribution in [3.63, 3.8) is 0 Å². The number of unbranched alkanes of at least 4 members (excludes halogenated alkanes) is 11. The summed E-state index contributed by atoms with van der Waals surface area (Å²) in [5, 5.41) is 0. The van der Waals surface area contributed by atoms with Crippen molar-refractivity contribution in [1.82, 2.24) is 0 Å². The summed E-state index contributed by atoms with van der Waals surface area (Å²) in [6.45, 7) is 7.10. The van der Waals surface area contributed by atoms with Crippen LogP contribution in [-0.2, 0) is 14.3 Å². The van der Waals surface area contributed by atoms with Crippen molar-refractivity contribution in [3.8, 4) is 0 Å². The summed E-state index contributed by atoms with van der Waals surface area (Å²) in [5.74, 6) is -0.0880. The molecule has 0 fully saturated rings. The topological polar surface area (TPSA) is 35.5 Å². The first-order valence-corrected chi connectivity index (χ1v) is 11.1. The Bertz CT molecular complexity index is 323. The van der Waals surface area contributed by atoms with Crippen molar-refractivity contribution < 1.29 is 14.3 Å². The van der Waals surface area contributed by atoms with Gasteiger partial charge in [0.2, 0.25) is 0 Å². The fourth-order valence-corrected chi connectivity index (χ4v) is 2.85. The smallest absolute Gasteiger partial charge is 0.305 e. The van der Waals surface area contributed by atoms with E-state index < -0.39 is 0 Å². The Kier molecular flexibility index (Phi) is 19.8. The number of hydrogen-bond donors (Lipinski definition) is 0. The first-order chi connectivity index (χ1) is 12.7. The van der Waals surface area contributed by atoms with Crippen LogP contribution < -0.4 is 0 Å². The van der Waals surface area contributed by atoms with E-state index in [2.05, 4.69) is 19.1 Å². The molecule has 0 saturated heterocycles. The van der Waals surface area contributed by atoms with Crippen LogP contribution in [0, 0.1) is 0 Å². The summed E-state index contributed by atoms with van der Waals surface area (Å²) in [7, 11) is 0. The van der Waals surface area contributed by atoms with Gasteiger partial charge in [0.05, 0.1) is 12.7 Å². The molecular weight excluding hydrogens is 324 g/mol. The molecule has 0 aliphatic rings. The van der Waals surface area contributed by atoms with Gasteiger partial charge in [-0.15, -0.1) is 0 Å². The van der Waals surface area contributed by atoms with Gasteiger partial charge in [0.15, 0.2) is 0 Å². The van der Waals surface area contributed by atoms with Crippen molar-refractivity contribution in [3.05, 3.63) is 12.2 Å². The second-order valence-electron chi connectivity index (χ2n) is 7.47. The molecule has 0 bridgehead atoms. The lowest BCUT2D eigenvalue weighted by Crippen LogP contribution is -2.13. The summed E-state index contributed by atoms with van der Waals surface area (Å²) in [4.78, 5) is 11.5. The molecule has 0 rings (SSSR count). The zero-order chi connectivity index (χ0) is 19.3. The van der Waals surface area contributed by atoms with Gasteiger partial charge in [0.25, 0.3) is 0 Å². The fraction of sp³-hybridized carbons (Fsp3) is 0.870. The van der Waals surface area contributed by atoms with Crippen molar-refractivity contribution >= 4 is 5.97 Å². The van der Waals surface area contributed by atoms with Gasteiger partial charge in [-0.2, -0.15) is 0 Å². The molecule has 0 aromatic heterocycles. The maximum Gasteiger partial charge on any atom is 0.305 e. The van der Waals surface area contributed by atoms with Gasteiger partial charge in [0.1, 0.15) is 6.61 Å². The largest absolute Gasteiger partial charge is 0.463 e. The van der Waals surface area contributed by atoms with E-state index in [-0.39, 0.29) is 12.1 Å². The molecule has 0 aromatic carbocycles. The van der Waals surface area contributed by atoms with E-state index in [1.54, 1.807) is 0 Å². The van der Waals surface area contributed by atoms with E-state index in [1.807, 2.05) is 13.8 Å². The highest BCUT2D eigenvalue weighted by atomic mass is 16.6. The van der Waals surface area contributed by atoms with E-state index in [4.69, 9.17) is 9.47 Å². The molecule has 0 N–H and O–H groups in total. The Morgan fingerprint density at radius 1 is 0.769 bits per heavy atom. The first-order valence-electron chi connectivity index (χ1n) is 11.1. The minimum Gasteiger partial charge on any atom is -0.463 e. The molecule has 0 radical (unpaired) electrons. The Morgan fingerprint density at radius 2 is 1.31 bits per heavy atom. The summed E-state index contributed by atoms with van der Waals surface area (Å²) in [5.41, 5.74) is 0. The van der Waals surface area contributed by atoms with Gasteiger partial charge in [-0.05, 0) is 46.0 Å². The third kappa shape index (κ3) is 21.2. The molecule has 0 aliphatic carbocycles. The lowest BCUT2D eigenvalue weighted by molar-refractivity contribution is -0.145. The molecule has 26 heavy (non-hydrogen) atoms. The summed E-state index contributed by atoms with van der Waals surface area (Å²) < 4.78 is 10.5. The van der Waals surface area contributed by atoms with Gasteiger partial charge >= 0.3 is 5.97 Å². The van der Waals surface area contributed by atoms with Gasteiger partial charge in [-0.25, -0.2) is 0 Å². The predicted molar refractivity (Wildman–Crippen MR) is 111 cm³/mol. The Hall–Kier alpha value is -0.830. The highest BCUT2D eigenvalue weighted by molar-refractivity contribution is 5.69. The van der Waals surface area contributed by atoms with E-state index in [0.717, 1.165) is 12.8 Å². The molecule has 0 amide bonds. The maximum absolute atomic E-state index is 11.5. The normalized spacial score (nSPS) is 11.5. The standard InChI is InChI=1S/C23H44O3/c1-4-5-6-7-8-9-10-11-12-13-14-15-16-17-18-19-23(24)26-21-20-25-22(2)3/h11-12,22H,4-10,13-21H2,1-3H3/b12-11-. The van der Waals surface area contributed by atoms with Crippen LogP contribution in [0.4, 0.5) is 0 Å². The molecule has 0 aliphatic heterocycles. The van der Waals surface area contributed by atoms with Crippen LogP contribution >= 0.6 is 0 Å². The average Bonchev–Trinajstić information content (AvgIpc) is 2.62. The number of esters is 1. The molecular formula is C23H44O3. The van der Waals surface area contributed by atoms with E-state index in [0.29, 0.717) is 19.6 Å². The van der Waals surface area contributed by atoms with Crippen LogP contribution in [-0.4, -0.2) is 25.3 Å². The Labute approximate surface area is 162 Å². The summed E-state index contributed by atoms with van der Waals surface area (Å²) in [6, 6.07) is 0. The van der Waals surface area contributed by atoms with Crippen LogP contribution in [0.25, 0.3) is 0 Å². The lowest BCUT2D eigenvalue weighted by Gasteiger charge is -2.08. The Balaban J connectivity index is 3.21. The molecule has 3 heteroatoms. The molecule has 154 valence electrons. The van der Waals surface area contributed by atoms with Crippen LogP contribution in [0.2, 0.25) is 0 Å².